The summed E-state index contributed by atoms with van der Waals surface area (Å²) in [5, 5.41) is 11.6. The smallest absolute Gasteiger partial charge is 0.335 e. The molecule has 2 rings (SSSR count). The minimum atomic E-state index is -1.05. The maximum atomic E-state index is 12.1. The van der Waals surface area contributed by atoms with E-state index in [9.17, 15) is 14.4 Å². The number of carbonyl (C=O) groups is 3. The number of ether oxygens (including phenoxy) is 1. The van der Waals surface area contributed by atoms with Crippen molar-refractivity contribution in [2.45, 2.75) is 13.0 Å². The second-order valence-electron chi connectivity index (χ2n) is 5.29. The summed E-state index contributed by atoms with van der Waals surface area (Å²) >= 11 is 0. The topological polar surface area (TPSA) is 109 Å². The number of pyridine rings is 1. The number of hydrogen-bond acceptors (Lipinski definition) is 5. The molecule has 1 aliphatic rings. The molecule has 2 amide bonds. The first-order chi connectivity index (χ1) is 11.0. The molecule has 1 atom stereocenters. The average molecular weight is 321 g/mol. The Balaban J connectivity index is 1.87. The van der Waals surface area contributed by atoms with E-state index in [4.69, 9.17) is 9.84 Å². The van der Waals surface area contributed by atoms with Crippen molar-refractivity contribution in [2.75, 3.05) is 26.8 Å². The van der Waals surface area contributed by atoms with Gasteiger partial charge in [-0.15, -0.1) is 0 Å². The number of aromatic nitrogens is 1. The van der Waals surface area contributed by atoms with E-state index in [1.54, 1.807) is 12.0 Å². The first-order valence-electron chi connectivity index (χ1n) is 7.24. The van der Waals surface area contributed by atoms with Gasteiger partial charge in [0.05, 0.1) is 30.3 Å². The normalized spacial score (nSPS) is 17.3. The predicted molar refractivity (Wildman–Crippen MR) is 79.6 cm³/mol. The Bertz CT molecular complexity index is 605. The van der Waals surface area contributed by atoms with Crippen LogP contribution in [0.1, 0.15) is 22.5 Å². The molecule has 0 bridgehead atoms. The zero-order chi connectivity index (χ0) is 16.8. The largest absolute Gasteiger partial charge is 0.478 e. The highest BCUT2D eigenvalue weighted by Crippen LogP contribution is 2.17. The highest BCUT2D eigenvalue weighted by atomic mass is 16.5. The average Bonchev–Trinajstić information content (AvgIpc) is 2.92. The lowest BCUT2D eigenvalue weighted by Crippen LogP contribution is -2.33. The van der Waals surface area contributed by atoms with Crippen molar-refractivity contribution in [3.05, 3.63) is 29.6 Å². The van der Waals surface area contributed by atoms with Gasteiger partial charge in [-0.25, -0.2) is 4.79 Å². The molecule has 0 radical (unpaired) electrons. The van der Waals surface area contributed by atoms with E-state index in [0.717, 1.165) is 0 Å². The predicted octanol–water partition coefficient (Wildman–Crippen LogP) is -0.109. The molecule has 1 aromatic heterocycles. The third-order valence-corrected chi connectivity index (χ3v) is 3.66. The number of nitrogens with one attached hydrogen (secondary N) is 1. The molecular weight excluding hydrogens is 302 g/mol. The van der Waals surface area contributed by atoms with E-state index in [1.807, 2.05) is 0 Å². The van der Waals surface area contributed by atoms with Crippen LogP contribution in [0, 0.1) is 5.92 Å². The lowest BCUT2D eigenvalue weighted by Gasteiger charge is -2.15. The summed E-state index contributed by atoms with van der Waals surface area (Å²) < 4.78 is 4.93. The number of methoxy groups -OCH3 is 1. The fourth-order valence-electron chi connectivity index (χ4n) is 2.40. The summed E-state index contributed by atoms with van der Waals surface area (Å²) in [5.41, 5.74) is 0.574. The van der Waals surface area contributed by atoms with Crippen molar-refractivity contribution >= 4 is 17.8 Å². The molecule has 2 heterocycles. The summed E-state index contributed by atoms with van der Waals surface area (Å²) in [5.74, 6) is -1.74. The van der Waals surface area contributed by atoms with E-state index in [0.29, 0.717) is 25.4 Å². The quantitative estimate of drug-likeness (QED) is 0.725. The lowest BCUT2D eigenvalue weighted by atomic mass is 10.1. The third-order valence-electron chi connectivity index (χ3n) is 3.66. The summed E-state index contributed by atoms with van der Waals surface area (Å²) in [6.07, 6.45) is 1.56. The molecule has 1 unspecified atom stereocenters. The van der Waals surface area contributed by atoms with Gasteiger partial charge < -0.3 is 20.1 Å². The SMILES string of the molecule is COCCN1CC(C(=O)NCc2cc(C(=O)O)ccn2)CC1=O. The second-order valence-corrected chi connectivity index (χ2v) is 5.29. The molecule has 1 fully saturated rings. The van der Waals surface area contributed by atoms with E-state index in [2.05, 4.69) is 10.3 Å². The molecule has 0 aromatic carbocycles. The fraction of sp³-hybridized carbons (Fsp3) is 0.467. The maximum absolute atomic E-state index is 12.1. The van der Waals surface area contributed by atoms with Gasteiger partial charge >= 0.3 is 5.97 Å². The number of rotatable bonds is 7. The highest BCUT2D eigenvalue weighted by molar-refractivity contribution is 5.89. The van der Waals surface area contributed by atoms with Crippen LogP contribution < -0.4 is 5.32 Å². The molecule has 1 aromatic rings. The zero-order valence-electron chi connectivity index (χ0n) is 12.8. The molecule has 8 nitrogen and oxygen atoms in total. The van der Waals surface area contributed by atoms with Crippen molar-refractivity contribution in [3.63, 3.8) is 0 Å². The minimum absolute atomic E-state index is 0.0619. The molecule has 1 saturated heterocycles. The van der Waals surface area contributed by atoms with Crippen LogP contribution in [0.2, 0.25) is 0 Å². The van der Waals surface area contributed by atoms with Crippen molar-refractivity contribution < 1.29 is 24.2 Å². The van der Waals surface area contributed by atoms with E-state index in [-0.39, 0.29) is 30.3 Å². The molecule has 124 valence electrons. The van der Waals surface area contributed by atoms with Gasteiger partial charge in [-0.3, -0.25) is 14.6 Å². The number of amides is 2. The standard InChI is InChI=1S/C15H19N3O5/c1-23-5-4-18-9-11(7-13(18)19)14(20)17-8-12-6-10(15(21)22)2-3-16-12/h2-3,6,11H,4-5,7-9H2,1H3,(H,17,20)(H,21,22). The van der Waals surface area contributed by atoms with Gasteiger partial charge in [0.1, 0.15) is 0 Å². The summed E-state index contributed by atoms with van der Waals surface area (Å²) in [4.78, 5) is 40.5. The molecule has 1 aliphatic heterocycles. The van der Waals surface area contributed by atoms with Crippen LogP contribution in [-0.2, 0) is 20.9 Å². The van der Waals surface area contributed by atoms with Gasteiger partial charge in [0.15, 0.2) is 0 Å². The number of aromatic carboxylic acids is 1. The summed E-state index contributed by atoms with van der Waals surface area (Å²) in [6, 6.07) is 2.80. The van der Waals surface area contributed by atoms with Crippen LogP contribution >= 0.6 is 0 Å². The Morgan fingerprint density at radius 3 is 3.00 bits per heavy atom. The van der Waals surface area contributed by atoms with Gasteiger partial charge in [-0.05, 0) is 12.1 Å². The Kier molecular flexibility index (Phi) is 5.64. The second kappa shape index (κ2) is 7.68. The van der Waals surface area contributed by atoms with Crippen LogP contribution in [0.3, 0.4) is 0 Å². The van der Waals surface area contributed by atoms with Gasteiger partial charge in [0.2, 0.25) is 11.8 Å². The molecule has 8 heteroatoms. The van der Waals surface area contributed by atoms with Gasteiger partial charge in [-0.2, -0.15) is 0 Å². The van der Waals surface area contributed by atoms with Crippen LogP contribution in [0.25, 0.3) is 0 Å². The Morgan fingerprint density at radius 1 is 1.52 bits per heavy atom. The van der Waals surface area contributed by atoms with Crippen LogP contribution in [0.5, 0.6) is 0 Å². The first kappa shape index (κ1) is 16.9. The fourth-order valence-corrected chi connectivity index (χ4v) is 2.40. The summed E-state index contributed by atoms with van der Waals surface area (Å²) in [7, 11) is 1.56. The molecule has 0 spiro atoms. The van der Waals surface area contributed by atoms with Crippen molar-refractivity contribution in [1.82, 2.24) is 15.2 Å². The molecule has 2 N–H and O–H groups in total. The highest BCUT2D eigenvalue weighted by Gasteiger charge is 2.33. The van der Waals surface area contributed by atoms with Gasteiger partial charge in [-0.1, -0.05) is 0 Å². The first-order valence-corrected chi connectivity index (χ1v) is 7.24. The van der Waals surface area contributed by atoms with Crippen molar-refractivity contribution in [2.24, 2.45) is 5.92 Å². The Hall–Kier alpha value is -2.48. The van der Waals surface area contributed by atoms with Crippen molar-refractivity contribution in [3.8, 4) is 0 Å². The summed E-state index contributed by atoms with van der Waals surface area (Å²) in [6.45, 7) is 1.41. The number of likely N-dealkylation sites (tertiary alicyclic amines) is 1. The number of nitrogens with zero attached hydrogens (tertiary/aromatic N) is 2. The van der Waals surface area contributed by atoms with E-state index in [1.165, 1.54) is 18.3 Å². The zero-order valence-corrected chi connectivity index (χ0v) is 12.8. The van der Waals surface area contributed by atoms with Crippen LogP contribution in [0.4, 0.5) is 0 Å². The Morgan fingerprint density at radius 2 is 2.30 bits per heavy atom. The number of carbonyl (C=O) groups excluding carboxylic acids is 2. The number of hydrogen-bond donors (Lipinski definition) is 2. The van der Waals surface area contributed by atoms with Gasteiger partial charge in [0.25, 0.3) is 0 Å². The lowest BCUT2D eigenvalue weighted by molar-refractivity contribution is -0.129. The number of carboxylic acid groups (broad SMARTS) is 1. The molecule has 0 saturated carbocycles. The third kappa shape index (κ3) is 4.49. The molecule has 0 aliphatic carbocycles. The van der Waals surface area contributed by atoms with Gasteiger partial charge in [0, 0.05) is 32.8 Å². The minimum Gasteiger partial charge on any atom is -0.478 e. The monoisotopic (exact) mass is 321 g/mol. The van der Waals surface area contributed by atoms with E-state index >= 15 is 0 Å². The van der Waals surface area contributed by atoms with Crippen LogP contribution in [0.15, 0.2) is 18.3 Å². The van der Waals surface area contributed by atoms with Crippen molar-refractivity contribution in [1.29, 1.82) is 0 Å². The van der Waals surface area contributed by atoms with Crippen LogP contribution in [-0.4, -0.2) is 59.6 Å². The Labute approximate surface area is 133 Å². The van der Waals surface area contributed by atoms with E-state index < -0.39 is 11.9 Å². The molecular formula is C15H19N3O5. The number of carboxylic acids is 1. The maximum Gasteiger partial charge on any atom is 0.335 e. The molecule has 23 heavy (non-hydrogen) atoms.